The van der Waals surface area contributed by atoms with Gasteiger partial charge in [-0.1, -0.05) is 0 Å². The topological polar surface area (TPSA) is 76.2 Å². The second-order valence-corrected chi connectivity index (χ2v) is 8.10. The Hall–Kier alpha value is -2.65. The molecule has 0 aromatic heterocycles. The summed E-state index contributed by atoms with van der Waals surface area (Å²) in [5.74, 6) is 0.434. The highest BCUT2D eigenvalue weighted by atomic mass is 32.2. The lowest BCUT2D eigenvalue weighted by Gasteiger charge is -2.22. The van der Waals surface area contributed by atoms with E-state index in [2.05, 4.69) is 0 Å². The fourth-order valence-corrected chi connectivity index (χ4v) is 3.40. The third kappa shape index (κ3) is 5.67. The van der Waals surface area contributed by atoms with Gasteiger partial charge in [-0.25, -0.2) is 12.8 Å². The van der Waals surface area contributed by atoms with Crippen molar-refractivity contribution in [3.05, 3.63) is 54.3 Å². The third-order valence-corrected chi connectivity index (χ3v) is 5.88. The lowest BCUT2D eigenvalue weighted by Crippen LogP contribution is -2.40. The van der Waals surface area contributed by atoms with E-state index in [0.29, 0.717) is 11.5 Å². The van der Waals surface area contributed by atoms with Crippen LogP contribution in [0.25, 0.3) is 0 Å². The van der Waals surface area contributed by atoms with Gasteiger partial charge in [0.15, 0.2) is 0 Å². The lowest BCUT2D eigenvalue weighted by atomic mass is 10.3. The van der Waals surface area contributed by atoms with Gasteiger partial charge in [-0.05, 0) is 48.5 Å². The molecule has 0 saturated carbocycles. The van der Waals surface area contributed by atoms with Crippen molar-refractivity contribution in [1.82, 2.24) is 9.21 Å². The van der Waals surface area contributed by atoms with E-state index in [1.165, 1.54) is 11.9 Å². The molecule has 0 aliphatic rings. The highest BCUT2D eigenvalue weighted by Crippen LogP contribution is 2.17. The number of likely N-dealkylation sites (N-methyl/N-ethyl adjacent to an activating group) is 2. The van der Waals surface area contributed by atoms with E-state index in [4.69, 9.17) is 9.47 Å². The van der Waals surface area contributed by atoms with E-state index in [1.54, 1.807) is 38.4 Å². The number of benzene rings is 2. The fraction of sp³-hybridized carbons (Fsp3) is 0.316. The normalized spacial score (nSPS) is 11.3. The van der Waals surface area contributed by atoms with Crippen molar-refractivity contribution < 1.29 is 27.1 Å². The number of carbonyl (C=O) groups excluding carboxylic acids is 1. The van der Waals surface area contributed by atoms with Gasteiger partial charge >= 0.3 is 0 Å². The Balaban J connectivity index is 1.85. The Morgan fingerprint density at radius 1 is 1.00 bits per heavy atom. The minimum absolute atomic E-state index is 0.0744. The molecule has 0 N–H and O–H groups in total. The van der Waals surface area contributed by atoms with Gasteiger partial charge in [-0.3, -0.25) is 4.79 Å². The number of sulfonamides is 1. The zero-order valence-electron chi connectivity index (χ0n) is 16.0. The second kappa shape index (κ2) is 9.52. The van der Waals surface area contributed by atoms with E-state index in [1.807, 2.05) is 0 Å². The molecule has 0 saturated heterocycles. The first-order valence-corrected chi connectivity index (χ1v) is 9.91. The van der Waals surface area contributed by atoms with Crippen LogP contribution in [0.3, 0.4) is 0 Å². The molecule has 0 fully saturated rings. The number of hydrogen-bond donors (Lipinski definition) is 0. The predicted octanol–water partition coefficient (Wildman–Crippen LogP) is 1.99. The first-order chi connectivity index (χ1) is 13.2. The number of rotatable bonds is 9. The summed E-state index contributed by atoms with van der Waals surface area (Å²) in [5, 5.41) is 0. The van der Waals surface area contributed by atoms with E-state index in [9.17, 15) is 17.6 Å². The standard InChI is InChI=1S/C19H23FN2O5S/c1-21(12-13-27-17-8-6-16(26-3)7-9-17)19(23)14-22(2)28(24,25)18-10-4-15(20)5-11-18/h4-11H,12-14H2,1-3H3. The second-order valence-electron chi connectivity index (χ2n) is 6.05. The van der Waals surface area contributed by atoms with E-state index >= 15 is 0 Å². The van der Waals surface area contributed by atoms with Crippen LogP contribution < -0.4 is 9.47 Å². The molecule has 0 heterocycles. The summed E-state index contributed by atoms with van der Waals surface area (Å²) < 4.78 is 49.4. The van der Waals surface area contributed by atoms with Gasteiger partial charge in [0.05, 0.1) is 25.1 Å². The van der Waals surface area contributed by atoms with Crippen LogP contribution in [-0.4, -0.2) is 64.4 Å². The fourth-order valence-electron chi connectivity index (χ4n) is 2.28. The number of nitrogens with zero attached hydrogens (tertiary/aromatic N) is 2. The van der Waals surface area contributed by atoms with Crippen LogP contribution in [0.2, 0.25) is 0 Å². The Labute approximate surface area is 164 Å². The summed E-state index contributed by atoms with van der Waals surface area (Å²) >= 11 is 0. The average molecular weight is 410 g/mol. The van der Waals surface area contributed by atoms with Crippen molar-refractivity contribution in [2.75, 3.05) is 40.9 Å². The maximum atomic E-state index is 13.0. The van der Waals surface area contributed by atoms with Crippen molar-refractivity contribution in [1.29, 1.82) is 0 Å². The number of methoxy groups -OCH3 is 1. The number of amides is 1. The van der Waals surface area contributed by atoms with Gasteiger partial charge in [0.25, 0.3) is 0 Å². The summed E-state index contributed by atoms with van der Waals surface area (Å²) in [7, 11) is 0.566. The van der Waals surface area contributed by atoms with Crippen molar-refractivity contribution in [2.45, 2.75) is 4.90 Å². The summed E-state index contributed by atoms with van der Waals surface area (Å²) in [6.07, 6.45) is 0. The van der Waals surface area contributed by atoms with Gasteiger partial charge in [0, 0.05) is 14.1 Å². The van der Waals surface area contributed by atoms with Crippen LogP contribution in [-0.2, 0) is 14.8 Å². The maximum Gasteiger partial charge on any atom is 0.243 e. The molecule has 2 rings (SSSR count). The molecule has 0 aliphatic heterocycles. The molecule has 2 aromatic carbocycles. The SMILES string of the molecule is COc1ccc(OCCN(C)C(=O)CN(C)S(=O)(=O)c2ccc(F)cc2)cc1. The maximum absolute atomic E-state index is 13.0. The van der Waals surface area contributed by atoms with Crippen LogP contribution in [0.15, 0.2) is 53.4 Å². The Morgan fingerprint density at radius 3 is 2.14 bits per heavy atom. The van der Waals surface area contributed by atoms with Crippen LogP contribution >= 0.6 is 0 Å². The predicted molar refractivity (Wildman–Crippen MR) is 102 cm³/mol. The average Bonchev–Trinajstić information content (AvgIpc) is 2.68. The Kier molecular flexibility index (Phi) is 7.36. The van der Waals surface area contributed by atoms with Gasteiger partial charge in [-0.15, -0.1) is 0 Å². The first kappa shape index (κ1) is 21.6. The summed E-state index contributed by atoms with van der Waals surface area (Å²) in [5.41, 5.74) is 0. The Morgan fingerprint density at radius 2 is 1.57 bits per heavy atom. The van der Waals surface area contributed by atoms with Crippen molar-refractivity contribution >= 4 is 15.9 Å². The number of hydrogen-bond acceptors (Lipinski definition) is 5. The lowest BCUT2D eigenvalue weighted by molar-refractivity contribution is -0.130. The van der Waals surface area contributed by atoms with Crippen molar-refractivity contribution in [3.8, 4) is 11.5 Å². The zero-order chi connectivity index (χ0) is 20.7. The summed E-state index contributed by atoms with van der Waals surface area (Å²) in [6.45, 7) is 0.205. The minimum Gasteiger partial charge on any atom is -0.497 e. The molecule has 2 aromatic rings. The molecule has 7 nitrogen and oxygen atoms in total. The van der Waals surface area contributed by atoms with Crippen LogP contribution in [0.5, 0.6) is 11.5 Å². The summed E-state index contributed by atoms with van der Waals surface area (Å²) in [6, 6.07) is 11.5. The molecule has 0 spiro atoms. The van der Waals surface area contributed by atoms with Gasteiger partial charge < -0.3 is 14.4 Å². The molecule has 152 valence electrons. The molecular formula is C19H23FN2O5S. The molecule has 9 heteroatoms. The minimum atomic E-state index is -3.88. The Bertz CT molecular complexity index is 886. The molecule has 0 radical (unpaired) electrons. The van der Waals surface area contributed by atoms with Crippen LogP contribution in [0, 0.1) is 5.82 Å². The largest absolute Gasteiger partial charge is 0.497 e. The highest BCUT2D eigenvalue weighted by molar-refractivity contribution is 7.89. The molecule has 0 bridgehead atoms. The molecule has 0 unspecified atom stereocenters. The number of ether oxygens (including phenoxy) is 2. The molecule has 28 heavy (non-hydrogen) atoms. The van der Waals surface area contributed by atoms with Gasteiger partial charge in [0.1, 0.15) is 23.9 Å². The molecular weight excluding hydrogens is 387 g/mol. The molecule has 1 amide bonds. The van der Waals surface area contributed by atoms with Crippen LogP contribution in [0.4, 0.5) is 4.39 Å². The zero-order valence-corrected chi connectivity index (χ0v) is 16.8. The van der Waals surface area contributed by atoms with E-state index in [0.717, 1.165) is 28.6 Å². The first-order valence-electron chi connectivity index (χ1n) is 8.47. The van der Waals surface area contributed by atoms with E-state index in [-0.39, 0.29) is 30.5 Å². The molecule has 0 aliphatic carbocycles. The van der Waals surface area contributed by atoms with Crippen molar-refractivity contribution in [2.24, 2.45) is 0 Å². The quantitative estimate of drug-likeness (QED) is 0.632. The number of halogens is 1. The van der Waals surface area contributed by atoms with Crippen LogP contribution in [0.1, 0.15) is 0 Å². The highest BCUT2D eigenvalue weighted by Gasteiger charge is 2.24. The smallest absolute Gasteiger partial charge is 0.243 e. The van der Waals surface area contributed by atoms with E-state index < -0.39 is 15.8 Å². The number of carbonyl (C=O) groups is 1. The third-order valence-electron chi connectivity index (χ3n) is 4.06. The van der Waals surface area contributed by atoms with Gasteiger partial charge in [-0.2, -0.15) is 4.31 Å². The van der Waals surface area contributed by atoms with Gasteiger partial charge in [0.2, 0.25) is 15.9 Å². The van der Waals surface area contributed by atoms with Crippen molar-refractivity contribution in [3.63, 3.8) is 0 Å². The molecule has 0 atom stereocenters. The monoisotopic (exact) mass is 410 g/mol. The summed E-state index contributed by atoms with van der Waals surface area (Å²) in [4.78, 5) is 13.6.